The maximum atomic E-state index is 12.7. The van der Waals surface area contributed by atoms with Gasteiger partial charge in [-0.05, 0) is 32.4 Å². The van der Waals surface area contributed by atoms with Crippen LogP contribution in [0.4, 0.5) is 5.69 Å². The number of aromatic nitrogens is 1. The molecule has 0 spiro atoms. The van der Waals surface area contributed by atoms with Gasteiger partial charge in [0.05, 0.1) is 15.7 Å². The van der Waals surface area contributed by atoms with Crippen LogP contribution in [0.5, 0.6) is 0 Å². The number of benzene rings is 1. The highest BCUT2D eigenvalue weighted by Crippen LogP contribution is 2.30. The summed E-state index contributed by atoms with van der Waals surface area (Å²) in [5.74, 6) is -0.498. The molecule has 1 heterocycles. The largest absolute Gasteiger partial charge is 0.348 e. The van der Waals surface area contributed by atoms with Gasteiger partial charge in [0.1, 0.15) is 5.56 Å². The SMILES string of the molecule is CCCCCn1c(C)cc(=O)c(C(=O)Nc2c(Cl)cccc2Cl)c1C. The molecule has 4 nitrogen and oxygen atoms in total. The fourth-order valence-electron chi connectivity index (χ4n) is 2.85. The van der Waals surface area contributed by atoms with Crippen LogP contribution in [-0.4, -0.2) is 10.5 Å². The lowest BCUT2D eigenvalue weighted by molar-refractivity contribution is 0.102. The van der Waals surface area contributed by atoms with Crippen LogP contribution in [-0.2, 0) is 6.54 Å². The standard InChI is InChI=1S/C19H22Cl2N2O2/c1-4-5-6-10-23-12(2)11-16(24)17(13(23)3)19(25)22-18-14(20)8-7-9-15(18)21/h7-9,11H,4-6,10H2,1-3H3,(H,22,25). The second-order valence-electron chi connectivity index (χ2n) is 6.02. The summed E-state index contributed by atoms with van der Waals surface area (Å²) in [7, 11) is 0. The van der Waals surface area contributed by atoms with E-state index in [1.54, 1.807) is 25.1 Å². The molecule has 134 valence electrons. The molecule has 0 radical (unpaired) electrons. The van der Waals surface area contributed by atoms with Gasteiger partial charge in [-0.2, -0.15) is 0 Å². The summed E-state index contributed by atoms with van der Waals surface area (Å²) in [5, 5.41) is 3.33. The van der Waals surface area contributed by atoms with Crippen LogP contribution in [0.3, 0.4) is 0 Å². The number of hydrogen-bond donors (Lipinski definition) is 1. The first-order valence-corrected chi connectivity index (χ1v) is 9.08. The van der Waals surface area contributed by atoms with Gasteiger partial charge in [-0.25, -0.2) is 0 Å². The van der Waals surface area contributed by atoms with Gasteiger partial charge in [0.25, 0.3) is 5.91 Å². The minimum Gasteiger partial charge on any atom is -0.348 e. The Balaban J connectivity index is 2.39. The third-order valence-electron chi connectivity index (χ3n) is 4.19. The van der Waals surface area contributed by atoms with Crippen molar-refractivity contribution < 1.29 is 4.79 Å². The predicted octanol–water partition coefficient (Wildman–Crippen LogP) is 5.21. The maximum absolute atomic E-state index is 12.7. The van der Waals surface area contributed by atoms with Crippen LogP contribution in [0, 0.1) is 13.8 Å². The number of hydrogen-bond acceptors (Lipinski definition) is 2. The number of halogens is 2. The number of unbranched alkanes of at least 4 members (excludes halogenated alkanes) is 2. The quantitative estimate of drug-likeness (QED) is 0.698. The molecular formula is C19H22Cl2N2O2. The molecule has 0 saturated carbocycles. The third kappa shape index (κ3) is 4.44. The van der Waals surface area contributed by atoms with Gasteiger partial charge in [0.15, 0.2) is 5.43 Å². The fraction of sp³-hybridized carbons (Fsp3) is 0.368. The Morgan fingerprint density at radius 1 is 1.16 bits per heavy atom. The topological polar surface area (TPSA) is 51.1 Å². The van der Waals surface area contributed by atoms with E-state index in [1.165, 1.54) is 6.07 Å². The Kier molecular flexibility index (Phi) is 6.68. The monoisotopic (exact) mass is 380 g/mol. The molecule has 0 aliphatic rings. The molecule has 0 unspecified atom stereocenters. The van der Waals surface area contributed by atoms with Crippen LogP contribution >= 0.6 is 23.2 Å². The summed E-state index contributed by atoms with van der Waals surface area (Å²) >= 11 is 12.2. The van der Waals surface area contributed by atoms with Crippen molar-refractivity contribution in [3.8, 4) is 0 Å². The lowest BCUT2D eigenvalue weighted by atomic mass is 10.1. The van der Waals surface area contributed by atoms with Crippen molar-refractivity contribution in [2.24, 2.45) is 0 Å². The molecule has 0 aliphatic heterocycles. The third-order valence-corrected chi connectivity index (χ3v) is 4.82. The first-order valence-electron chi connectivity index (χ1n) is 8.33. The number of pyridine rings is 1. The average molecular weight is 381 g/mol. The summed E-state index contributed by atoms with van der Waals surface area (Å²) in [6, 6.07) is 6.46. The molecule has 1 aromatic heterocycles. The number of para-hydroxylation sites is 1. The maximum Gasteiger partial charge on any atom is 0.261 e. The Hall–Kier alpha value is -1.78. The van der Waals surface area contributed by atoms with Gasteiger partial charge in [-0.3, -0.25) is 9.59 Å². The van der Waals surface area contributed by atoms with E-state index in [1.807, 2.05) is 11.5 Å². The highest BCUT2D eigenvalue weighted by Gasteiger charge is 2.19. The zero-order chi connectivity index (χ0) is 18.6. The zero-order valence-electron chi connectivity index (χ0n) is 14.7. The van der Waals surface area contributed by atoms with E-state index in [0.29, 0.717) is 21.4 Å². The minimum atomic E-state index is -0.498. The van der Waals surface area contributed by atoms with Crippen molar-refractivity contribution in [3.05, 3.63) is 61.5 Å². The summed E-state index contributed by atoms with van der Waals surface area (Å²) in [4.78, 5) is 25.1. The molecular weight excluding hydrogens is 359 g/mol. The van der Waals surface area contributed by atoms with Crippen molar-refractivity contribution in [3.63, 3.8) is 0 Å². The van der Waals surface area contributed by atoms with Gasteiger partial charge in [-0.1, -0.05) is 49.0 Å². The number of anilines is 1. The molecule has 1 aromatic carbocycles. The smallest absolute Gasteiger partial charge is 0.261 e. The van der Waals surface area contributed by atoms with Crippen LogP contribution < -0.4 is 10.7 Å². The second kappa shape index (κ2) is 8.54. The molecule has 2 aromatic rings. The molecule has 0 fully saturated rings. The first kappa shape index (κ1) is 19.5. The number of rotatable bonds is 6. The fourth-order valence-corrected chi connectivity index (χ4v) is 3.34. The molecule has 6 heteroatoms. The van der Waals surface area contributed by atoms with E-state index in [9.17, 15) is 9.59 Å². The van der Waals surface area contributed by atoms with E-state index in [-0.39, 0.29) is 11.0 Å². The molecule has 0 saturated heterocycles. The van der Waals surface area contributed by atoms with Gasteiger partial charge in [0, 0.05) is 24.0 Å². The summed E-state index contributed by atoms with van der Waals surface area (Å²) in [6.45, 7) is 6.59. The lowest BCUT2D eigenvalue weighted by Crippen LogP contribution is -2.27. The van der Waals surface area contributed by atoms with Crippen molar-refractivity contribution in [1.29, 1.82) is 0 Å². The summed E-state index contributed by atoms with van der Waals surface area (Å²) < 4.78 is 2.01. The summed E-state index contributed by atoms with van der Waals surface area (Å²) in [6.07, 6.45) is 3.21. The van der Waals surface area contributed by atoms with Crippen LogP contribution in [0.1, 0.15) is 47.9 Å². The summed E-state index contributed by atoms with van der Waals surface area (Å²) in [5.41, 5.74) is 1.64. The number of nitrogens with one attached hydrogen (secondary N) is 1. The number of nitrogens with zero attached hydrogens (tertiary/aromatic N) is 1. The Labute approximate surface area is 157 Å². The Bertz CT molecular complexity index is 824. The molecule has 0 aliphatic carbocycles. The van der Waals surface area contributed by atoms with E-state index in [4.69, 9.17) is 23.2 Å². The Morgan fingerprint density at radius 3 is 2.40 bits per heavy atom. The van der Waals surface area contributed by atoms with Crippen molar-refractivity contribution in [1.82, 2.24) is 4.57 Å². The van der Waals surface area contributed by atoms with Gasteiger partial charge in [0.2, 0.25) is 0 Å². The number of amides is 1. The van der Waals surface area contributed by atoms with E-state index in [0.717, 1.165) is 31.5 Å². The first-order chi connectivity index (χ1) is 11.9. The van der Waals surface area contributed by atoms with Gasteiger partial charge < -0.3 is 9.88 Å². The zero-order valence-corrected chi connectivity index (χ0v) is 16.2. The van der Waals surface area contributed by atoms with Crippen LogP contribution in [0.2, 0.25) is 10.0 Å². The molecule has 0 bridgehead atoms. The van der Waals surface area contributed by atoms with Crippen molar-refractivity contribution >= 4 is 34.8 Å². The average Bonchev–Trinajstić information content (AvgIpc) is 2.54. The normalized spacial score (nSPS) is 10.8. The second-order valence-corrected chi connectivity index (χ2v) is 6.83. The molecule has 1 N–H and O–H groups in total. The van der Waals surface area contributed by atoms with E-state index in [2.05, 4.69) is 12.2 Å². The molecule has 2 rings (SSSR count). The molecule has 25 heavy (non-hydrogen) atoms. The number of carbonyl (C=O) groups excluding carboxylic acids is 1. The van der Waals surface area contributed by atoms with Crippen LogP contribution in [0.25, 0.3) is 0 Å². The number of carbonyl (C=O) groups is 1. The van der Waals surface area contributed by atoms with Crippen molar-refractivity contribution in [2.75, 3.05) is 5.32 Å². The Morgan fingerprint density at radius 2 is 1.80 bits per heavy atom. The van der Waals surface area contributed by atoms with Gasteiger partial charge >= 0.3 is 0 Å². The highest BCUT2D eigenvalue weighted by molar-refractivity contribution is 6.40. The van der Waals surface area contributed by atoms with E-state index >= 15 is 0 Å². The molecule has 0 atom stereocenters. The van der Waals surface area contributed by atoms with Crippen molar-refractivity contribution in [2.45, 2.75) is 46.6 Å². The predicted molar refractivity (Wildman–Crippen MR) is 104 cm³/mol. The minimum absolute atomic E-state index is 0.123. The lowest BCUT2D eigenvalue weighted by Gasteiger charge is -2.18. The van der Waals surface area contributed by atoms with Crippen LogP contribution in [0.15, 0.2) is 29.1 Å². The van der Waals surface area contributed by atoms with Gasteiger partial charge in [-0.15, -0.1) is 0 Å². The van der Waals surface area contributed by atoms with E-state index < -0.39 is 5.91 Å². The molecule has 1 amide bonds. The number of aryl methyl sites for hydroxylation is 1. The highest BCUT2D eigenvalue weighted by atomic mass is 35.5.